The second-order valence-corrected chi connectivity index (χ2v) is 5.96. The van der Waals surface area contributed by atoms with Gasteiger partial charge in [0.05, 0.1) is 6.54 Å². The third-order valence-electron chi connectivity index (χ3n) is 3.52. The Morgan fingerprint density at radius 3 is 2.71 bits per heavy atom. The maximum absolute atomic E-state index is 12.0. The molecule has 2 fully saturated rings. The fraction of sp³-hybridized carbons (Fsp3) is 0.917. The number of carbonyl (C=O) groups excluding carboxylic acids is 1. The predicted octanol–water partition coefficient (Wildman–Crippen LogP) is 0.842. The van der Waals surface area contributed by atoms with Gasteiger partial charge in [0, 0.05) is 32.7 Å². The minimum atomic E-state index is -0.437. The smallest absolute Gasteiger partial charge is 0.410 e. The van der Waals surface area contributed by atoms with Gasteiger partial charge < -0.3 is 19.7 Å². The molecule has 0 radical (unpaired) electrons. The van der Waals surface area contributed by atoms with E-state index < -0.39 is 5.60 Å². The molecular formula is C12H22N2O3. The Kier molecular flexibility index (Phi) is 3.08. The second-order valence-electron chi connectivity index (χ2n) is 5.96. The van der Waals surface area contributed by atoms with Gasteiger partial charge in [-0.25, -0.2) is 4.79 Å². The summed E-state index contributed by atoms with van der Waals surface area (Å²) in [6.45, 7) is 8.72. The SMILES string of the molecule is CO[C@]12CNC[C@@H]1CN(C(=O)OC(C)(C)C)C2. The van der Waals surface area contributed by atoms with Crippen LogP contribution in [0.2, 0.25) is 0 Å². The van der Waals surface area contributed by atoms with Crippen molar-refractivity contribution in [2.24, 2.45) is 5.92 Å². The van der Waals surface area contributed by atoms with Crippen LogP contribution in [0, 0.1) is 5.92 Å². The summed E-state index contributed by atoms with van der Waals surface area (Å²) in [7, 11) is 1.72. The molecular weight excluding hydrogens is 220 g/mol. The van der Waals surface area contributed by atoms with Gasteiger partial charge in [-0.3, -0.25) is 0 Å². The van der Waals surface area contributed by atoms with Gasteiger partial charge in [0.2, 0.25) is 0 Å². The van der Waals surface area contributed by atoms with Crippen LogP contribution in [-0.2, 0) is 9.47 Å². The van der Waals surface area contributed by atoms with Gasteiger partial charge in [-0.05, 0) is 20.8 Å². The normalized spacial score (nSPS) is 32.7. The molecule has 2 saturated heterocycles. The summed E-state index contributed by atoms with van der Waals surface area (Å²) in [5, 5.41) is 3.32. The quantitative estimate of drug-likeness (QED) is 0.740. The van der Waals surface area contributed by atoms with Crippen LogP contribution in [0.15, 0.2) is 0 Å². The van der Waals surface area contributed by atoms with Crippen molar-refractivity contribution in [3.05, 3.63) is 0 Å². The van der Waals surface area contributed by atoms with Crippen LogP contribution in [0.25, 0.3) is 0 Å². The number of hydrogen-bond acceptors (Lipinski definition) is 4. The predicted molar refractivity (Wildman–Crippen MR) is 63.9 cm³/mol. The number of likely N-dealkylation sites (tertiary alicyclic amines) is 1. The van der Waals surface area contributed by atoms with E-state index in [2.05, 4.69) is 5.32 Å². The molecule has 0 saturated carbocycles. The highest BCUT2D eigenvalue weighted by Crippen LogP contribution is 2.34. The number of nitrogens with zero attached hydrogens (tertiary/aromatic N) is 1. The molecule has 2 atom stereocenters. The van der Waals surface area contributed by atoms with Crippen molar-refractivity contribution in [1.82, 2.24) is 10.2 Å². The summed E-state index contributed by atoms with van der Waals surface area (Å²) in [5.41, 5.74) is -0.649. The van der Waals surface area contributed by atoms with Crippen LogP contribution >= 0.6 is 0 Å². The van der Waals surface area contributed by atoms with E-state index in [1.54, 1.807) is 12.0 Å². The van der Waals surface area contributed by atoms with Crippen LogP contribution in [0.3, 0.4) is 0 Å². The summed E-state index contributed by atoms with van der Waals surface area (Å²) >= 11 is 0. The van der Waals surface area contributed by atoms with Gasteiger partial charge >= 0.3 is 6.09 Å². The number of rotatable bonds is 1. The van der Waals surface area contributed by atoms with E-state index >= 15 is 0 Å². The average molecular weight is 242 g/mol. The number of hydrogen-bond donors (Lipinski definition) is 1. The Bertz CT molecular complexity index is 313. The molecule has 0 bridgehead atoms. The van der Waals surface area contributed by atoms with E-state index in [0.29, 0.717) is 12.5 Å². The summed E-state index contributed by atoms with van der Waals surface area (Å²) < 4.78 is 11.0. The summed E-state index contributed by atoms with van der Waals surface area (Å²) in [6, 6.07) is 0. The van der Waals surface area contributed by atoms with Crippen molar-refractivity contribution >= 4 is 6.09 Å². The van der Waals surface area contributed by atoms with Crippen molar-refractivity contribution in [3.63, 3.8) is 0 Å². The zero-order chi connectivity index (χ0) is 12.7. The highest BCUT2D eigenvalue weighted by Gasteiger charge is 2.52. The molecule has 1 N–H and O–H groups in total. The second kappa shape index (κ2) is 4.14. The maximum atomic E-state index is 12.0. The van der Waals surface area contributed by atoms with Gasteiger partial charge in [-0.1, -0.05) is 0 Å². The Labute approximate surface area is 102 Å². The molecule has 2 aliphatic rings. The first kappa shape index (κ1) is 12.6. The maximum Gasteiger partial charge on any atom is 0.410 e. The molecule has 0 aromatic carbocycles. The van der Waals surface area contributed by atoms with E-state index in [9.17, 15) is 4.79 Å². The van der Waals surface area contributed by atoms with Crippen LogP contribution in [0.5, 0.6) is 0 Å². The number of nitrogens with one attached hydrogen (secondary N) is 1. The Morgan fingerprint density at radius 1 is 1.47 bits per heavy atom. The van der Waals surface area contributed by atoms with Gasteiger partial charge in [0.15, 0.2) is 0 Å². The molecule has 5 nitrogen and oxygen atoms in total. The molecule has 2 rings (SSSR count). The van der Waals surface area contributed by atoms with Crippen LogP contribution in [0.4, 0.5) is 4.79 Å². The fourth-order valence-corrected chi connectivity index (χ4v) is 2.63. The van der Waals surface area contributed by atoms with Gasteiger partial charge in [-0.2, -0.15) is 0 Å². The van der Waals surface area contributed by atoms with Crippen molar-refractivity contribution in [2.75, 3.05) is 33.3 Å². The lowest BCUT2D eigenvalue weighted by Crippen LogP contribution is -2.43. The van der Waals surface area contributed by atoms with Gasteiger partial charge in [-0.15, -0.1) is 0 Å². The Balaban J connectivity index is 2.00. The van der Waals surface area contributed by atoms with Crippen LogP contribution < -0.4 is 5.32 Å². The van der Waals surface area contributed by atoms with E-state index in [4.69, 9.17) is 9.47 Å². The van der Waals surface area contributed by atoms with E-state index in [-0.39, 0.29) is 11.7 Å². The Morgan fingerprint density at radius 2 is 2.18 bits per heavy atom. The van der Waals surface area contributed by atoms with E-state index in [1.165, 1.54) is 0 Å². The first-order valence-corrected chi connectivity index (χ1v) is 6.10. The number of fused-ring (bicyclic) bond motifs is 1. The lowest BCUT2D eigenvalue weighted by molar-refractivity contribution is -0.0112. The van der Waals surface area contributed by atoms with E-state index in [0.717, 1.165) is 19.6 Å². The number of ether oxygens (including phenoxy) is 2. The molecule has 0 aromatic rings. The molecule has 2 heterocycles. The minimum absolute atomic E-state index is 0.211. The number of amides is 1. The summed E-state index contributed by atoms with van der Waals surface area (Å²) in [5.74, 6) is 0.375. The summed E-state index contributed by atoms with van der Waals surface area (Å²) in [6.07, 6.45) is -0.233. The van der Waals surface area contributed by atoms with Crippen LogP contribution in [0.1, 0.15) is 20.8 Å². The van der Waals surface area contributed by atoms with E-state index in [1.807, 2.05) is 20.8 Å². The highest BCUT2D eigenvalue weighted by molar-refractivity contribution is 5.69. The first-order chi connectivity index (χ1) is 7.86. The molecule has 0 unspecified atom stereocenters. The first-order valence-electron chi connectivity index (χ1n) is 6.10. The topological polar surface area (TPSA) is 50.8 Å². The third kappa shape index (κ3) is 2.40. The lowest BCUT2D eigenvalue weighted by Gasteiger charge is -2.27. The minimum Gasteiger partial charge on any atom is -0.444 e. The van der Waals surface area contributed by atoms with Gasteiger partial charge in [0.25, 0.3) is 0 Å². The van der Waals surface area contributed by atoms with Crippen molar-refractivity contribution in [1.29, 1.82) is 0 Å². The molecule has 2 aliphatic heterocycles. The zero-order valence-corrected chi connectivity index (χ0v) is 11.1. The molecule has 5 heteroatoms. The van der Waals surface area contributed by atoms with Crippen molar-refractivity contribution in [2.45, 2.75) is 32.0 Å². The van der Waals surface area contributed by atoms with Crippen molar-refractivity contribution < 1.29 is 14.3 Å². The standard InChI is InChI=1S/C12H22N2O3/c1-11(2,3)17-10(15)14-6-9-5-13-7-12(9,8-14)16-4/h9,13H,5-8H2,1-4H3/t9-,12+/m1/s1. The lowest BCUT2D eigenvalue weighted by atomic mass is 9.95. The zero-order valence-electron chi connectivity index (χ0n) is 11.1. The largest absolute Gasteiger partial charge is 0.444 e. The number of methoxy groups -OCH3 is 1. The fourth-order valence-electron chi connectivity index (χ4n) is 2.63. The van der Waals surface area contributed by atoms with Crippen molar-refractivity contribution in [3.8, 4) is 0 Å². The Hall–Kier alpha value is -0.810. The highest BCUT2D eigenvalue weighted by atomic mass is 16.6. The molecule has 0 spiro atoms. The van der Waals surface area contributed by atoms with Gasteiger partial charge in [0.1, 0.15) is 11.2 Å². The molecule has 0 aliphatic carbocycles. The molecule has 98 valence electrons. The third-order valence-corrected chi connectivity index (χ3v) is 3.52. The number of carbonyl (C=O) groups is 1. The average Bonchev–Trinajstić information content (AvgIpc) is 2.70. The van der Waals surface area contributed by atoms with Crippen LogP contribution in [-0.4, -0.2) is 55.5 Å². The molecule has 17 heavy (non-hydrogen) atoms. The molecule has 1 amide bonds. The molecule has 0 aromatic heterocycles. The summed E-state index contributed by atoms with van der Waals surface area (Å²) in [4.78, 5) is 13.7. The monoisotopic (exact) mass is 242 g/mol.